The Morgan fingerprint density at radius 1 is 1.25 bits per heavy atom. The summed E-state index contributed by atoms with van der Waals surface area (Å²) in [5, 5.41) is 15.2. The summed E-state index contributed by atoms with van der Waals surface area (Å²) < 4.78 is 1.87. The fourth-order valence-electron chi connectivity index (χ4n) is 4.64. The van der Waals surface area contributed by atoms with Crippen molar-refractivity contribution in [2.24, 2.45) is 11.8 Å². The van der Waals surface area contributed by atoms with Crippen molar-refractivity contribution in [2.45, 2.75) is 63.6 Å². The summed E-state index contributed by atoms with van der Waals surface area (Å²) in [7, 11) is 0. The zero-order chi connectivity index (χ0) is 20.0. The topological polar surface area (TPSA) is 118 Å². The van der Waals surface area contributed by atoms with Gasteiger partial charge < -0.3 is 20.3 Å². The summed E-state index contributed by atoms with van der Waals surface area (Å²) >= 11 is 0. The quantitative estimate of drug-likeness (QED) is 0.684. The van der Waals surface area contributed by atoms with E-state index in [2.05, 4.69) is 10.6 Å². The molecular formula is C20H25N3O5. The molecule has 150 valence electrons. The molecule has 2 heterocycles. The number of Topliss-reactive ketones (excluding diaryl/α,β-unsaturated/α-hetero) is 1. The smallest absolute Gasteiger partial charge is 0.308 e. The van der Waals surface area contributed by atoms with E-state index in [-0.39, 0.29) is 42.5 Å². The zero-order valence-corrected chi connectivity index (χ0v) is 15.8. The predicted octanol–water partition coefficient (Wildman–Crippen LogP) is 0.591. The summed E-state index contributed by atoms with van der Waals surface area (Å²) in [6.45, 7) is 1.66. The molecule has 8 nitrogen and oxygen atoms in total. The predicted molar refractivity (Wildman–Crippen MR) is 98.5 cm³/mol. The fourth-order valence-corrected chi connectivity index (χ4v) is 4.64. The first-order valence-electron chi connectivity index (χ1n) is 9.86. The molecule has 3 aliphatic rings. The highest BCUT2D eigenvalue weighted by Gasteiger charge is 2.44. The van der Waals surface area contributed by atoms with Gasteiger partial charge in [-0.3, -0.25) is 19.2 Å². The maximum absolute atomic E-state index is 13.0. The highest BCUT2D eigenvalue weighted by Crippen LogP contribution is 2.38. The Morgan fingerprint density at radius 2 is 2.00 bits per heavy atom. The molecule has 1 fully saturated rings. The van der Waals surface area contributed by atoms with Crippen molar-refractivity contribution < 1.29 is 24.3 Å². The van der Waals surface area contributed by atoms with Crippen molar-refractivity contribution in [1.82, 2.24) is 15.2 Å². The van der Waals surface area contributed by atoms with Gasteiger partial charge in [-0.05, 0) is 43.2 Å². The lowest BCUT2D eigenvalue weighted by Gasteiger charge is -2.33. The van der Waals surface area contributed by atoms with E-state index in [1.165, 1.54) is 6.92 Å². The molecule has 8 heteroatoms. The largest absolute Gasteiger partial charge is 0.481 e. The molecule has 0 saturated heterocycles. The summed E-state index contributed by atoms with van der Waals surface area (Å²) in [4.78, 5) is 48.9. The van der Waals surface area contributed by atoms with E-state index in [1.807, 2.05) is 16.8 Å². The van der Waals surface area contributed by atoms with Gasteiger partial charge in [-0.1, -0.05) is 0 Å². The van der Waals surface area contributed by atoms with Crippen LogP contribution in [0.25, 0.3) is 0 Å². The zero-order valence-electron chi connectivity index (χ0n) is 15.8. The summed E-state index contributed by atoms with van der Waals surface area (Å²) in [5.74, 6) is -2.77. The molecule has 0 bridgehead atoms. The van der Waals surface area contributed by atoms with Gasteiger partial charge in [-0.15, -0.1) is 0 Å². The standard InChI is InChI=1S/C20H25N3O5/c1-10(24)21-17(11-2-3-11)19(26)22-14-5-4-12-6-7-23-9-13(20(27)28)8-15(25)16(14)18(12)23/h6-7,11,13-14,16-17H,2-5,8-9H2,1H3,(H,21,24)(H,22,26)(H,27,28)/t13-,14-,16?,17?/m0/s1. The van der Waals surface area contributed by atoms with Gasteiger partial charge in [0.05, 0.1) is 11.8 Å². The van der Waals surface area contributed by atoms with Crippen LogP contribution < -0.4 is 10.6 Å². The average Bonchev–Trinajstić information content (AvgIpc) is 3.41. The number of amides is 2. The van der Waals surface area contributed by atoms with E-state index in [1.54, 1.807) is 0 Å². The van der Waals surface area contributed by atoms with Crippen LogP contribution in [-0.2, 0) is 32.1 Å². The molecule has 0 spiro atoms. The van der Waals surface area contributed by atoms with Crippen LogP contribution in [0.3, 0.4) is 0 Å². The molecule has 4 atom stereocenters. The number of carboxylic acid groups (broad SMARTS) is 1. The Kier molecular flexibility index (Phi) is 4.72. The van der Waals surface area contributed by atoms with E-state index < -0.39 is 23.8 Å². The van der Waals surface area contributed by atoms with E-state index in [9.17, 15) is 24.3 Å². The monoisotopic (exact) mass is 387 g/mol. The molecule has 1 saturated carbocycles. The second-order valence-corrected chi connectivity index (χ2v) is 8.23. The van der Waals surface area contributed by atoms with E-state index in [0.29, 0.717) is 6.42 Å². The lowest BCUT2D eigenvalue weighted by Crippen LogP contribution is -2.53. The van der Waals surface area contributed by atoms with Crippen molar-refractivity contribution in [3.8, 4) is 0 Å². The number of hydrogen-bond donors (Lipinski definition) is 3. The number of hydrogen-bond acceptors (Lipinski definition) is 4. The number of carbonyl (C=O) groups excluding carboxylic acids is 3. The number of carbonyl (C=O) groups is 4. The minimum Gasteiger partial charge on any atom is -0.481 e. The van der Waals surface area contributed by atoms with Gasteiger partial charge >= 0.3 is 5.97 Å². The first-order valence-corrected chi connectivity index (χ1v) is 9.86. The minimum atomic E-state index is -0.977. The lowest BCUT2D eigenvalue weighted by atomic mass is 9.79. The number of aromatic nitrogens is 1. The molecule has 3 N–H and O–H groups in total. The Morgan fingerprint density at radius 3 is 2.64 bits per heavy atom. The number of aryl methyl sites for hydroxylation is 1. The number of ketones is 1. The number of nitrogens with one attached hydrogen (secondary N) is 2. The van der Waals surface area contributed by atoms with Gasteiger partial charge in [-0.2, -0.15) is 0 Å². The Bertz CT molecular complexity index is 841. The number of rotatable bonds is 5. The summed E-state index contributed by atoms with van der Waals surface area (Å²) in [6.07, 6.45) is 4.96. The fraction of sp³-hybridized carbons (Fsp3) is 0.600. The molecule has 0 radical (unpaired) electrons. The molecule has 1 aliphatic heterocycles. The molecule has 1 aromatic heterocycles. The van der Waals surface area contributed by atoms with Crippen molar-refractivity contribution in [3.63, 3.8) is 0 Å². The van der Waals surface area contributed by atoms with Crippen LogP contribution in [0.2, 0.25) is 0 Å². The number of carboxylic acids is 1. The van der Waals surface area contributed by atoms with Crippen LogP contribution in [0.4, 0.5) is 0 Å². The normalized spacial score (nSPS) is 27.3. The van der Waals surface area contributed by atoms with Gasteiger partial charge in [-0.25, -0.2) is 0 Å². The van der Waals surface area contributed by atoms with Crippen molar-refractivity contribution >= 4 is 23.6 Å². The maximum Gasteiger partial charge on any atom is 0.308 e. The first kappa shape index (κ1) is 18.7. The SMILES string of the molecule is CC(=O)NC(C(=O)N[C@H]1CCc2ccn3c2C1C(=O)C[C@H](C(=O)O)C3)C1CC1. The van der Waals surface area contributed by atoms with Crippen molar-refractivity contribution in [2.75, 3.05) is 0 Å². The van der Waals surface area contributed by atoms with Gasteiger partial charge in [0.2, 0.25) is 11.8 Å². The molecule has 2 aliphatic carbocycles. The van der Waals surface area contributed by atoms with Gasteiger partial charge in [0, 0.05) is 37.8 Å². The van der Waals surface area contributed by atoms with Gasteiger partial charge in [0.15, 0.2) is 0 Å². The molecule has 4 rings (SSSR count). The Balaban J connectivity index is 1.59. The van der Waals surface area contributed by atoms with Crippen LogP contribution in [0.15, 0.2) is 12.3 Å². The van der Waals surface area contributed by atoms with E-state index in [0.717, 1.165) is 30.5 Å². The first-order chi connectivity index (χ1) is 13.3. The lowest BCUT2D eigenvalue weighted by molar-refractivity contribution is -0.144. The van der Waals surface area contributed by atoms with Crippen LogP contribution in [0, 0.1) is 11.8 Å². The van der Waals surface area contributed by atoms with Gasteiger partial charge in [0.25, 0.3) is 0 Å². The van der Waals surface area contributed by atoms with Crippen LogP contribution >= 0.6 is 0 Å². The molecule has 2 amide bonds. The van der Waals surface area contributed by atoms with Crippen LogP contribution in [-0.4, -0.2) is 45.3 Å². The van der Waals surface area contributed by atoms with Crippen molar-refractivity contribution in [3.05, 3.63) is 23.5 Å². The van der Waals surface area contributed by atoms with Crippen LogP contribution in [0.1, 0.15) is 49.8 Å². The minimum absolute atomic E-state index is 0.0365. The van der Waals surface area contributed by atoms with E-state index >= 15 is 0 Å². The molecule has 0 aromatic carbocycles. The second-order valence-electron chi connectivity index (χ2n) is 8.23. The highest BCUT2D eigenvalue weighted by molar-refractivity contribution is 5.92. The third kappa shape index (κ3) is 3.43. The average molecular weight is 387 g/mol. The Hall–Kier alpha value is -2.64. The number of nitrogens with zero attached hydrogens (tertiary/aromatic N) is 1. The second kappa shape index (κ2) is 7.07. The molecule has 2 unspecified atom stereocenters. The summed E-state index contributed by atoms with van der Waals surface area (Å²) in [5.41, 5.74) is 1.89. The molecule has 28 heavy (non-hydrogen) atoms. The van der Waals surface area contributed by atoms with Gasteiger partial charge in [0.1, 0.15) is 11.8 Å². The van der Waals surface area contributed by atoms with E-state index in [4.69, 9.17) is 0 Å². The maximum atomic E-state index is 13.0. The molecular weight excluding hydrogens is 362 g/mol. The third-order valence-electron chi connectivity index (χ3n) is 6.14. The summed E-state index contributed by atoms with van der Waals surface area (Å²) in [6, 6.07) is 0.990. The highest BCUT2D eigenvalue weighted by atomic mass is 16.4. The van der Waals surface area contributed by atoms with Crippen molar-refractivity contribution in [1.29, 1.82) is 0 Å². The number of aliphatic carboxylic acids is 1. The Labute approximate surface area is 162 Å². The van der Waals surface area contributed by atoms with Crippen LogP contribution in [0.5, 0.6) is 0 Å². The third-order valence-corrected chi connectivity index (χ3v) is 6.14. The molecule has 1 aromatic rings.